The van der Waals surface area contributed by atoms with Crippen LogP contribution in [0.4, 0.5) is 0 Å². The zero-order valence-corrected chi connectivity index (χ0v) is 14.9. The van der Waals surface area contributed by atoms with E-state index < -0.39 is 0 Å². The number of allylic oxidation sites excluding steroid dienone is 1. The second kappa shape index (κ2) is 6.00. The van der Waals surface area contributed by atoms with Gasteiger partial charge in [0.05, 0.1) is 12.9 Å². The highest BCUT2D eigenvalue weighted by molar-refractivity contribution is 5.87. The fourth-order valence-electron chi connectivity index (χ4n) is 6.07. The van der Waals surface area contributed by atoms with Gasteiger partial charge in [-0.05, 0) is 74.2 Å². The van der Waals surface area contributed by atoms with Crippen LogP contribution < -0.4 is 0 Å². The van der Waals surface area contributed by atoms with Crippen LogP contribution in [0.25, 0.3) is 0 Å². The first-order chi connectivity index (χ1) is 11.0. The highest BCUT2D eigenvalue weighted by Crippen LogP contribution is 2.63. The summed E-state index contributed by atoms with van der Waals surface area (Å²) < 4.78 is 5.59. The number of rotatable bonds is 0. The second-order valence-electron chi connectivity index (χ2n) is 8.30. The molecule has 0 amide bonds. The van der Waals surface area contributed by atoms with Gasteiger partial charge in [0, 0.05) is 11.8 Å². The van der Waals surface area contributed by atoms with E-state index in [1.165, 1.54) is 25.7 Å². The number of hydrogen-bond acceptors (Lipinski definition) is 2. The predicted molar refractivity (Wildman–Crippen MR) is 92.6 cm³/mol. The Labute approximate surface area is 141 Å². The van der Waals surface area contributed by atoms with Crippen molar-refractivity contribution in [3.63, 3.8) is 0 Å². The van der Waals surface area contributed by atoms with Gasteiger partial charge in [0.15, 0.2) is 0 Å². The van der Waals surface area contributed by atoms with Crippen molar-refractivity contribution in [3.8, 4) is 12.3 Å². The van der Waals surface area contributed by atoms with Crippen molar-refractivity contribution in [2.24, 2.45) is 28.6 Å². The lowest BCUT2D eigenvalue weighted by molar-refractivity contribution is -0.132. The highest BCUT2D eigenvalue weighted by Gasteiger charge is 2.58. The number of Topliss-reactive ketones (excluding diaryl/α,β-unsaturated/α-hetero) is 1. The topological polar surface area (TPSA) is 26.3 Å². The molecule has 0 N–H and O–H groups in total. The molecule has 4 unspecified atom stereocenters. The van der Waals surface area contributed by atoms with Crippen LogP contribution in [0.2, 0.25) is 0 Å². The summed E-state index contributed by atoms with van der Waals surface area (Å²) in [4.78, 5) is 12.3. The van der Waals surface area contributed by atoms with E-state index in [-0.39, 0.29) is 5.41 Å². The number of ether oxygens (including phenoxy) is 1. The highest BCUT2D eigenvalue weighted by atomic mass is 16.5. The van der Waals surface area contributed by atoms with E-state index in [4.69, 9.17) is 4.74 Å². The Hall–Kier alpha value is -1.23. The van der Waals surface area contributed by atoms with Crippen molar-refractivity contribution in [3.05, 3.63) is 11.8 Å². The SMILES string of the molecule is C#CC.CC12CCOC=C1CCC1C2CC[C@]2(C)C(=O)CCC12. The first-order valence-corrected chi connectivity index (χ1v) is 9.19. The maximum Gasteiger partial charge on any atom is 0.139 e. The van der Waals surface area contributed by atoms with Gasteiger partial charge in [-0.2, -0.15) is 0 Å². The third-order valence-corrected chi connectivity index (χ3v) is 7.41. The van der Waals surface area contributed by atoms with Gasteiger partial charge < -0.3 is 4.74 Å². The molecule has 0 aromatic rings. The molecule has 0 bridgehead atoms. The first kappa shape index (κ1) is 16.6. The van der Waals surface area contributed by atoms with Crippen molar-refractivity contribution in [2.45, 2.75) is 65.7 Å². The summed E-state index contributed by atoms with van der Waals surface area (Å²) in [7, 11) is 0. The number of terminal acetylenes is 1. The third-order valence-electron chi connectivity index (χ3n) is 7.41. The lowest BCUT2D eigenvalue weighted by Crippen LogP contribution is -2.50. The van der Waals surface area contributed by atoms with E-state index in [0.717, 1.165) is 37.7 Å². The Balaban J connectivity index is 0.000000485. The molecule has 4 rings (SSSR count). The number of carbonyl (C=O) groups excluding carboxylic acids is 1. The molecule has 5 atom stereocenters. The van der Waals surface area contributed by atoms with Crippen molar-refractivity contribution >= 4 is 5.78 Å². The third kappa shape index (κ3) is 2.44. The smallest absolute Gasteiger partial charge is 0.139 e. The number of hydrogen-bond donors (Lipinski definition) is 0. The average Bonchev–Trinajstić information content (AvgIpc) is 2.83. The molecule has 2 heteroatoms. The standard InChI is InChI=1S/C18H26O2.C3H4/c1-17-9-10-20-11-12(17)3-4-13-14-5-6-16(19)18(14,2)8-7-15(13)17;1-3-2/h11,13-15H,3-10H2,1-2H3;1H,2H3/t13?,14?,15?,17?,18-;/m0./s1. The zero-order valence-electron chi connectivity index (χ0n) is 14.9. The Morgan fingerprint density at radius 1 is 1.13 bits per heavy atom. The Kier molecular flexibility index (Phi) is 4.34. The van der Waals surface area contributed by atoms with Crippen molar-refractivity contribution < 1.29 is 9.53 Å². The maximum atomic E-state index is 12.3. The minimum atomic E-state index is 0.0178. The summed E-state index contributed by atoms with van der Waals surface area (Å²) in [5.41, 5.74) is 1.93. The van der Waals surface area contributed by atoms with Crippen LogP contribution in [0.5, 0.6) is 0 Å². The van der Waals surface area contributed by atoms with Crippen molar-refractivity contribution in [1.29, 1.82) is 0 Å². The molecule has 0 aromatic heterocycles. The molecule has 126 valence electrons. The molecule has 0 aromatic carbocycles. The summed E-state index contributed by atoms with van der Waals surface area (Å²) in [6.07, 6.45) is 14.7. The van der Waals surface area contributed by atoms with Gasteiger partial charge in [-0.3, -0.25) is 4.79 Å². The number of ketones is 1. The van der Waals surface area contributed by atoms with Gasteiger partial charge in [0.1, 0.15) is 5.78 Å². The quantitative estimate of drug-likeness (QED) is 0.604. The molecule has 0 saturated heterocycles. The van der Waals surface area contributed by atoms with Crippen molar-refractivity contribution in [2.75, 3.05) is 6.61 Å². The van der Waals surface area contributed by atoms with Crippen LogP contribution in [-0.2, 0) is 9.53 Å². The van der Waals surface area contributed by atoms with Crippen LogP contribution >= 0.6 is 0 Å². The minimum absolute atomic E-state index is 0.0178. The van der Waals surface area contributed by atoms with Crippen LogP contribution in [-0.4, -0.2) is 12.4 Å². The lowest BCUT2D eigenvalue weighted by Gasteiger charge is -2.56. The monoisotopic (exact) mass is 314 g/mol. The summed E-state index contributed by atoms with van der Waals surface area (Å²) in [6, 6.07) is 0. The molecule has 2 nitrogen and oxygen atoms in total. The van der Waals surface area contributed by atoms with E-state index >= 15 is 0 Å². The fourth-order valence-corrected chi connectivity index (χ4v) is 6.07. The fraction of sp³-hybridized carbons (Fsp3) is 0.762. The van der Waals surface area contributed by atoms with E-state index in [9.17, 15) is 4.79 Å². The maximum absolute atomic E-state index is 12.3. The molecule has 23 heavy (non-hydrogen) atoms. The summed E-state index contributed by atoms with van der Waals surface area (Å²) >= 11 is 0. The van der Waals surface area contributed by atoms with Crippen molar-refractivity contribution in [1.82, 2.24) is 0 Å². The molecular weight excluding hydrogens is 284 g/mol. The van der Waals surface area contributed by atoms with Gasteiger partial charge in [0.2, 0.25) is 0 Å². The van der Waals surface area contributed by atoms with Crippen LogP contribution in [0.15, 0.2) is 11.8 Å². The van der Waals surface area contributed by atoms with Gasteiger partial charge in [0.25, 0.3) is 0 Å². The second-order valence-corrected chi connectivity index (χ2v) is 8.30. The molecule has 0 spiro atoms. The van der Waals surface area contributed by atoms with Gasteiger partial charge >= 0.3 is 0 Å². The zero-order chi connectivity index (χ0) is 16.7. The molecule has 1 aliphatic heterocycles. The predicted octanol–water partition coefficient (Wildman–Crippen LogP) is 4.74. The summed E-state index contributed by atoms with van der Waals surface area (Å²) in [5, 5.41) is 0. The summed E-state index contributed by atoms with van der Waals surface area (Å²) in [5.74, 6) is 5.03. The average molecular weight is 314 g/mol. The number of fused-ring (bicyclic) bond motifs is 5. The first-order valence-electron chi connectivity index (χ1n) is 9.19. The van der Waals surface area contributed by atoms with Crippen LogP contribution in [0.3, 0.4) is 0 Å². The number of carbonyl (C=O) groups is 1. The van der Waals surface area contributed by atoms with E-state index in [1.54, 1.807) is 12.5 Å². The normalized spacial score (nSPS) is 44.3. The molecular formula is C21H30O2. The molecule has 0 radical (unpaired) electrons. The van der Waals surface area contributed by atoms with E-state index in [2.05, 4.69) is 32.5 Å². The van der Waals surface area contributed by atoms with Crippen LogP contribution in [0, 0.1) is 40.9 Å². The Morgan fingerprint density at radius 2 is 1.83 bits per heavy atom. The van der Waals surface area contributed by atoms with Gasteiger partial charge in [-0.25, -0.2) is 0 Å². The Morgan fingerprint density at radius 3 is 2.57 bits per heavy atom. The minimum Gasteiger partial charge on any atom is -0.501 e. The molecule has 3 aliphatic carbocycles. The van der Waals surface area contributed by atoms with Crippen LogP contribution in [0.1, 0.15) is 65.7 Å². The Bertz CT molecular complexity index is 555. The molecule has 3 fully saturated rings. The molecule has 4 aliphatic rings. The van der Waals surface area contributed by atoms with Gasteiger partial charge in [-0.1, -0.05) is 13.8 Å². The van der Waals surface area contributed by atoms with E-state index in [1.807, 2.05) is 0 Å². The van der Waals surface area contributed by atoms with E-state index in [0.29, 0.717) is 17.1 Å². The summed E-state index contributed by atoms with van der Waals surface area (Å²) in [6.45, 7) is 7.27. The lowest BCUT2D eigenvalue weighted by atomic mass is 9.48. The molecule has 3 saturated carbocycles. The molecule has 1 heterocycles. The largest absolute Gasteiger partial charge is 0.501 e. The van der Waals surface area contributed by atoms with Gasteiger partial charge in [-0.15, -0.1) is 12.3 Å².